The Morgan fingerprint density at radius 3 is 2.17 bits per heavy atom. The number of amides is 1. The Morgan fingerprint density at radius 1 is 1.04 bits per heavy atom. The zero-order valence-electron chi connectivity index (χ0n) is 12.8. The minimum atomic E-state index is -3.79. The Morgan fingerprint density at radius 2 is 1.62 bits per heavy atom. The molecule has 0 radical (unpaired) electrons. The minimum Gasteiger partial charge on any atom is -0.449 e. The predicted molar refractivity (Wildman–Crippen MR) is 87.8 cm³/mol. The van der Waals surface area contributed by atoms with E-state index in [1.54, 1.807) is 30.3 Å². The summed E-state index contributed by atoms with van der Waals surface area (Å²) in [7, 11) is -3.79. The molecule has 3 N–H and O–H groups in total. The number of anilines is 1. The summed E-state index contributed by atoms with van der Waals surface area (Å²) in [5.41, 5.74) is 0.699. The van der Waals surface area contributed by atoms with E-state index >= 15 is 0 Å². The highest BCUT2D eigenvalue weighted by Gasteiger charge is 2.19. The lowest BCUT2D eigenvalue weighted by Crippen LogP contribution is -2.30. The van der Waals surface area contributed by atoms with E-state index < -0.39 is 28.0 Å². The van der Waals surface area contributed by atoms with Gasteiger partial charge >= 0.3 is 5.97 Å². The van der Waals surface area contributed by atoms with Gasteiger partial charge in [0.2, 0.25) is 10.0 Å². The first kappa shape index (κ1) is 17.6. The third kappa shape index (κ3) is 4.64. The number of hydrogen-bond donors (Lipinski definition) is 2. The van der Waals surface area contributed by atoms with E-state index in [4.69, 9.17) is 9.88 Å². The van der Waals surface area contributed by atoms with Crippen molar-refractivity contribution in [3.05, 3.63) is 60.2 Å². The molecule has 24 heavy (non-hydrogen) atoms. The number of rotatable bonds is 5. The van der Waals surface area contributed by atoms with Crippen molar-refractivity contribution in [2.75, 3.05) is 5.32 Å². The summed E-state index contributed by atoms with van der Waals surface area (Å²) in [5.74, 6) is -1.15. The van der Waals surface area contributed by atoms with Crippen LogP contribution in [0.5, 0.6) is 0 Å². The Balaban J connectivity index is 1.98. The van der Waals surface area contributed by atoms with Crippen molar-refractivity contribution in [1.82, 2.24) is 0 Å². The molecule has 0 fully saturated rings. The molecule has 0 aliphatic rings. The number of primary sulfonamides is 1. The molecule has 7 nitrogen and oxygen atoms in total. The quantitative estimate of drug-likeness (QED) is 0.795. The van der Waals surface area contributed by atoms with Gasteiger partial charge in [0, 0.05) is 5.69 Å². The van der Waals surface area contributed by atoms with Crippen molar-refractivity contribution in [2.45, 2.75) is 17.9 Å². The van der Waals surface area contributed by atoms with Crippen molar-refractivity contribution >= 4 is 27.6 Å². The van der Waals surface area contributed by atoms with E-state index in [1.807, 2.05) is 0 Å². The largest absolute Gasteiger partial charge is 0.449 e. The lowest BCUT2D eigenvalue weighted by molar-refractivity contribution is -0.123. The van der Waals surface area contributed by atoms with Crippen LogP contribution >= 0.6 is 0 Å². The second-order valence-electron chi connectivity index (χ2n) is 4.97. The highest BCUT2D eigenvalue weighted by Crippen LogP contribution is 2.13. The van der Waals surface area contributed by atoms with Crippen LogP contribution in [-0.2, 0) is 19.6 Å². The molecule has 126 valence electrons. The van der Waals surface area contributed by atoms with Gasteiger partial charge in [0.15, 0.2) is 6.10 Å². The molecule has 0 aliphatic carbocycles. The Bertz CT molecular complexity index is 833. The molecule has 0 aliphatic heterocycles. The van der Waals surface area contributed by atoms with Gasteiger partial charge in [0.1, 0.15) is 0 Å². The second kappa shape index (κ2) is 7.24. The number of carbonyl (C=O) groups is 2. The lowest BCUT2D eigenvalue weighted by Gasteiger charge is -2.13. The van der Waals surface area contributed by atoms with Crippen LogP contribution in [0.1, 0.15) is 17.3 Å². The molecule has 8 heteroatoms. The van der Waals surface area contributed by atoms with Crippen LogP contribution in [0, 0.1) is 0 Å². The number of hydrogen-bond acceptors (Lipinski definition) is 5. The molecule has 2 aromatic rings. The summed E-state index contributed by atoms with van der Waals surface area (Å²) < 4.78 is 27.4. The standard InChI is InChI=1S/C16H16N2O5S/c1-11(23-16(20)12-5-3-2-4-6-12)15(19)18-13-7-9-14(10-8-13)24(17,21)22/h2-11H,1H3,(H,18,19)(H2,17,21,22). The highest BCUT2D eigenvalue weighted by molar-refractivity contribution is 7.89. The molecule has 0 saturated heterocycles. The van der Waals surface area contributed by atoms with Gasteiger partial charge in [-0.25, -0.2) is 18.4 Å². The molecule has 2 rings (SSSR count). The number of esters is 1. The molecule has 2 aromatic carbocycles. The van der Waals surface area contributed by atoms with E-state index in [-0.39, 0.29) is 4.90 Å². The van der Waals surface area contributed by atoms with Gasteiger partial charge in [-0.1, -0.05) is 18.2 Å². The Kier molecular flexibility index (Phi) is 5.32. The summed E-state index contributed by atoms with van der Waals surface area (Å²) >= 11 is 0. The molecule has 0 bridgehead atoms. The maximum absolute atomic E-state index is 12.0. The Hall–Kier alpha value is -2.71. The second-order valence-corrected chi connectivity index (χ2v) is 6.53. The minimum absolute atomic E-state index is 0.0657. The van der Waals surface area contributed by atoms with Gasteiger partial charge in [-0.15, -0.1) is 0 Å². The lowest BCUT2D eigenvalue weighted by atomic mass is 10.2. The molecule has 1 atom stereocenters. The predicted octanol–water partition coefficient (Wildman–Crippen LogP) is 1.52. The summed E-state index contributed by atoms with van der Waals surface area (Å²) in [6, 6.07) is 13.6. The van der Waals surface area contributed by atoms with Gasteiger partial charge < -0.3 is 10.1 Å². The summed E-state index contributed by atoms with van der Waals surface area (Å²) in [6.07, 6.45) is -1.02. The molecule has 0 spiro atoms. The van der Waals surface area contributed by atoms with Gasteiger partial charge in [-0.2, -0.15) is 0 Å². The fourth-order valence-corrected chi connectivity index (χ4v) is 2.34. The summed E-state index contributed by atoms with van der Waals surface area (Å²) in [5, 5.41) is 7.52. The van der Waals surface area contributed by atoms with E-state index in [0.29, 0.717) is 11.3 Å². The van der Waals surface area contributed by atoms with Crippen molar-refractivity contribution in [2.24, 2.45) is 5.14 Å². The molecule has 1 unspecified atom stereocenters. The van der Waals surface area contributed by atoms with Crippen LogP contribution in [0.4, 0.5) is 5.69 Å². The van der Waals surface area contributed by atoms with Crippen LogP contribution in [0.3, 0.4) is 0 Å². The highest BCUT2D eigenvalue weighted by atomic mass is 32.2. The monoisotopic (exact) mass is 348 g/mol. The summed E-state index contributed by atoms with van der Waals surface area (Å²) in [6.45, 7) is 1.44. The zero-order chi connectivity index (χ0) is 17.7. The van der Waals surface area contributed by atoms with E-state index in [1.165, 1.54) is 31.2 Å². The number of nitrogens with one attached hydrogen (secondary N) is 1. The first-order valence-corrected chi connectivity index (χ1v) is 8.52. The van der Waals surface area contributed by atoms with Gasteiger partial charge in [0.05, 0.1) is 10.5 Å². The molecule has 1 amide bonds. The normalized spacial score (nSPS) is 12.2. The maximum Gasteiger partial charge on any atom is 0.338 e. The molecule has 0 saturated carbocycles. The zero-order valence-corrected chi connectivity index (χ0v) is 13.6. The van der Waals surface area contributed by atoms with Gasteiger partial charge in [-0.3, -0.25) is 4.79 Å². The van der Waals surface area contributed by atoms with Crippen LogP contribution in [0.25, 0.3) is 0 Å². The van der Waals surface area contributed by atoms with Gasteiger partial charge in [-0.05, 0) is 43.3 Å². The Labute approximate surface area is 139 Å². The molecular formula is C16H16N2O5S. The fraction of sp³-hybridized carbons (Fsp3) is 0.125. The SMILES string of the molecule is CC(OC(=O)c1ccccc1)C(=O)Nc1ccc(S(N)(=O)=O)cc1. The average molecular weight is 348 g/mol. The number of nitrogens with two attached hydrogens (primary N) is 1. The topological polar surface area (TPSA) is 116 Å². The number of carbonyl (C=O) groups excluding carboxylic acids is 2. The van der Waals surface area contributed by atoms with Crippen molar-refractivity contribution < 1.29 is 22.7 Å². The number of ether oxygens (including phenoxy) is 1. The summed E-state index contributed by atoms with van der Waals surface area (Å²) in [4.78, 5) is 23.8. The van der Waals surface area contributed by atoms with Gasteiger partial charge in [0.25, 0.3) is 5.91 Å². The smallest absolute Gasteiger partial charge is 0.338 e. The van der Waals surface area contributed by atoms with E-state index in [2.05, 4.69) is 5.32 Å². The van der Waals surface area contributed by atoms with E-state index in [9.17, 15) is 18.0 Å². The third-order valence-electron chi connectivity index (χ3n) is 3.11. The van der Waals surface area contributed by atoms with Crippen molar-refractivity contribution in [1.29, 1.82) is 0 Å². The molecule has 0 aromatic heterocycles. The van der Waals surface area contributed by atoms with Crippen LogP contribution in [0.15, 0.2) is 59.5 Å². The molecular weight excluding hydrogens is 332 g/mol. The van der Waals surface area contributed by atoms with Crippen molar-refractivity contribution in [3.63, 3.8) is 0 Å². The van der Waals surface area contributed by atoms with Crippen LogP contribution in [-0.4, -0.2) is 26.4 Å². The molecule has 0 heterocycles. The van der Waals surface area contributed by atoms with Crippen molar-refractivity contribution in [3.8, 4) is 0 Å². The third-order valence-corrected chi connectivity index (χ3v) is 4.04. The number of benzene rings is 2. The maximum atomic E-state index is 12.0. The number of sulfonamides is 1. The van der Waals surface area contributed by atoms with Crippen LogP contribution in [0.2, 0.25) is 0 Å². The first-order chi connectivity index (χ1) is 11.3. The van der Waals surface area contributed by atoms with E-state index in [0.717, 1.165) is 0 Å². The fourth-order valence-electron chi connectivity index (χ4n) is 1.83. The van der Waals surface area contributed by atoms with Crippen LogP contribution < -0.4 is 10.5 Å². The average Bonchev–Trinajstić information content (AvgIpc) is 2.55. The first-order valence-electron chi connectivity index (χ1n) is 6.97.